The number of esters is 1. The second kappa shape index (κ2) is 7.39. The molecule has 0 bridgehead atoms. The van der Waals surface area contributed by atoms with Crippen molar-refractivity contribution in [2.24, 2.45) is 0 Å². The highest BCUT2D eigenvalue weighted by atomic mass is 16.5. The number of hydrogen-bond acceptors (Lipinski definition) is 6. The molecule has 0 aromatic carbocycles. The van der Waals surface area contributed by atoms with Gasteiger partial charge in [0, 0.05) is 12.1 Å². The number of hydrogen-bond donors (Lipinski definition) is 3. The van der Waals surface area contributed by atoms with Crippen LogP contribution in [0.25, 0.3) is 0 Å². The fourth-order valence-corrected chi connectivity index (χ4v) is 1.21. The molecule has 17 heavy (non-hydrogen) atoms. The topological polar surface area (TPSA) is 90.2 Å². The molecule has 0 aromatic heterocycles. The first-order chi connectivity index (χ1) is 7.75. The van der Waals surface area contributed by atoms with Gasteiger partial charge in [0.05, 0.1) is 0 Å². The lowest BCUT2D eigenvalue weighted by Gasteiger charge is -2.29. The van der Waals surface area contributed by atoms with Crippen molar-refractivity contribution in [1.82, 2.24) is 4.90 Å². The summed E-state index contributed by atoms with van der Waals surface area (Å²) in [5.74, 6) is -0.579. The van der Waals surface area contributed by atoms with Crippen LogP contribution in [0.5, 0.6) is 0 Å². The Morgan fingerprint density at radius 3 is 2.12 bits per heavy atom. The molecule has 0 amide bonds. The molecular formula is C11H21NO5. The number of carbonyl (C=O) groups excluding carboxylic acids is 1. The van der Waals surface area contributed by atoms with Crippen LogP contribution in [0, 0.1) is 0 Å². The quantitative estimate of drug-likeness (QED) is 0.317. The van der Waals surface area contributed by atoms with E-state index < -0.39 is 24.5 Å². The lowest BCUT2D eigenvalue weighted by molar-refractivity contribution is -0.144. The number of nitrogens with zero attached hydrogens (tertiary/aromatic N) is 1. The maximum absolute atomic E-state index is 11.1. The first-order valence-electron chi connectivity index (χ1n) is 5.38. The molecule has 0 fully saturated rings. The second-order valence-corrected chi connectivity index (χ2v) is 3.99. The molecule has 0 spiro atoms. The SMILES string of the molecule is C=C(C)C(=O)OCC(O)CN(C(C)O)C(C)O. The molecule has 0 rings (SSSR count). The normalized spacial score (nSPS) is 16.4. The minimum absolute atomic E-state index is 0.00119. The average Bonchev–Trinajstić information content (AvgIpc) is 2.21. The first-order valence-corrected chi connectivity index (χ1v) is 5.38. The van der Waals surface area contributed by atoms with Crippen molar-refractivity contribution in [3.63, 3.8) is 0 Å². The van der Waals surface area contributed by atoms with Crippen LogP contribution in [0.1, 0.15) is 20.8 Å². The molecule has 6 nitrogen and oxygen atoms in total. The van der Waals surface area contributed by atoms with E-state index in [1.165, 1.54) is 25.7 Å². The van der Waals surface area contributed by atoms with Gasteiger partial charge in [0.2, 0.25) is 0 Å². The summed E-state index contributed by atoms with van der Waals surface area (Å²) >= 11 is 0. The zero-order valence-electron chi connectivity index (χ0n) is 10.5. The largest absolute Gasteiger partial charge is 0.460 e. The molecule has 0 heterocycles. The number of aliphatic hydroxyl groups is 3. The molecule has 100 valence electrons. The van der Waals surface area contributed by atoms with Crippen molar-refractivity contribution in [3.05, 3.63) is 12.2 Å². The van der Waals surface area contributed by atoms with E-state index >= 15 is 0 Å². The van der Waals surface area contributed by atoms with Gasteiger partial charge < -0.3 is 20.1 Å². The molecule has 3 atom stereocenters. The Balaban J connectivity index is 4.11. The standard InChI is InChI=1S/C11H21NO5/c1-7(2)11(16)17-6-10(15)5-12(8(3)13)9(4)14/h8-10,13-15H,1,5-6H2,2-4H3. The summed E-state index contributed by atoms with van der Waals surface area (Å²) in [5, 5.41) is 28.2. The molecule has 0 radical (unpaired) electrons. The van der Waals surface area contributed by atoms with Gasteiger partial charge in [-0.25, -0.2) is 4.79 Å². The van der Waals surface area contributed by atoms with Crippen molar-refractivity contribution >= 4 is 5.97 Å². The number of carbonyl (C=O) groups is 1. The van der Waals surface area contributed by atoms with Gasteiger partial charge in [-0.1, -0.05) is 6.58 Å². The van der Waals surface area contributed by atoms with E-state index in [2.05, 4.69) is 6.58 Å². The van der Waals surface area contributed by atoms with Gasteiger partial charge in [0.25, 0.3) is 0 Å². The molecule has 3 unspecified atom stereocenters. The Morgan fingerprint density at radius 2 is 1.76 bits per heavy atom. The summed E-state index contributed by atoms with van der Waals surface area (Å²) in [6.45, 7) is 7.65. The smallest absolute Gasteiger partial charge is 0.333 e. The van der Waals surface area contributed by atoms with Gasteiger partial charge in [0.1, 0.15) is 25.2 Å². The Hall–Kier alpha value is -0.950. The fourth-order valence-electron chi connectivity index (χ4n) is 1.21. The lowest BCUT2D eigenvalue weighted by Crippen LogP contribution is -2.45. The second-order valence-electron chi connectivity index (χ2n) is 3.99. The predicted molar refractivity (Wildman–Crippen MR) is 61.8 cm³/mol. The van der Waals surface area contributed by atoms with Crippen LogP contribution in [-0.4, -0.2) is 57.9 Å². The summed E-state index contributed by atoms with van der Waals surface area (Å²) in [7, 11) is 0. The fraction of sp³-hybridized carbons (Fsp3) is 0.727. The van der Waals surface area contributed by atoms with Gasteiger partial charge >= 0.3 is 5.97 Å². The Labute approximate surface area is 101 Å². The molecule has 0 aliphatic heterocycles. The van der Waals surface area contributed by atoms with Gasteiger partial charge in [-0.3, -0.25) is 4.90 Å². The summed E-state index contributed by atoms with van der Waals surface area (Å²) in [6.07, 6.45) is -2.79. The molecule has 0 aliphatic rings. The minimum Gasteiger partial charge on any atom is -0.460 e. The van der Waals surface area contributed by atoms with E-state index in [9.17, 15) is 20.1 Å². The highest BCUT2D eigenvalue weighted by Crippen LogP contribution is 2.04. The molecular weight excluding hydrogens is 226 g/mol. The van der Waals surface area contributed by atoms with Crippen LogP contribution in [0.3, 0.4) is 0 Å². The van der Waals surface area contributed by atoms with Crippen molar-refractivity contribution in [2.75, 3.05) is 13.2 Å². The highest BCUT2D eigenvalue weighted by Gasteiger charge is 2.20. The maximum Gasteiger partial charge on any atom is 0.333 e. The van der Waals surface area contributed by atoms with Crippen molar-refractivity contribution in [3.8, 4) is 0 Å². The van der Waals surface area contributed by atoms with Gasteiger partial charge in [-0.05, 0) is 20.8 Å². The van der Waals surface area contributed by atoms with Gasteiger partial charge in [0.15, 0.2) is 0 Å². The summed E-state index contributed by atoms with van der Waals surface area (Å²) < 4.78 is 4.75. The van der Waals surface area contributed by atoms with E-state index in [1.54, 1.807) is 0 Å². The Morgan fingerprint density at radius 1 is 1.29 bits per heavy atom. The zero-order valence-corrected chi connectivity index (χ0v) is 10.5. The summed E-state index contributed by atoms with van der Waals surface area (Å²) in [5.41, 5.74) is 0.250. The van der Waals surface area contributed by atoms with Crippen molar-refractivity contribution in [1.29, 1.82) is 0 Å². The van der Waals surface area contributed by atoms with Crippen LogP contribution in [-0.2, 0) is 9.53 Å². The van der Waals surface area contributed by atoms with Crippen LogP contribution < -0.4 is 0 Å². The number of ether oxygens (including phenoxy) is 1. The van der Waals surface area contributed by atoms with E-state index in [0.717, 1.165) is 0 Å². The molecule has 3 N–H and O–H groups in total. The maximum atomic E-state index is 11.1. The third-order valence-electron chi connectivity index (χ3n) is 2.14. The molecule has 0 aliphatic carbocycles. The summed E-state index contributed by atoms with van der Waals surface area (Å²) in [4.78, 5) is 12.3. The molecule has 0 saturated heterocycles. The van der Waals surface area contributed by atoms with E-state index in [4.69, 9.17) is 4.74 Å². The van der Waals surface area contributed by atoms with Crippen LogP contribution >= 0.6 is 0 Å². The summed E-state index contributed by atoms with van der Waals surface area (Å²) in [6, 6.07) is 0. The van der Waals surface area contributed by atoms with E-state index in [1.807, 2.05) is 0 Å². The van der Waals surface area contributed by atoms with E-state index in [0.29, 0.717) is 0 Å². The van der Waals surface area contributed by atoms with Crippen LogP contribution in [0.2, 0.25) is 0 Å². The molecule has 6 heteroatoms. The third-order valence-corrected chi connectivity index (χ3v) is 2.14. The van der Waals surface area contributed by atoms with Gasteiger partial charge in [-0.15, -0.1) is 0 Å². The number of aliphatic hydroxyl groups excluding tert-OH is 3. The lowest BCUT2D eigenvalue weighted by atomic mass is 10.3. The van der Waals surface area contributed by atoms with Crippen LogP contribution in [0.15, 0.2) is 12.2 Å². The van der Waals surface area contributed by atoms with Crippen molar-refractivity contribution < 1.29 is 24.9 Å². The number of rotatable bonds is 7. The first kappa shape index (κ1) is 16.1. The Kier molecular flexibility index (Phi) is 6.98. The zero-order chi connectivity index (χ0) is 13.6. The monoisotopic (exact) mass is 247 g/mol. The Bertz CT molecular complexity index is 257. The van der Waals surface area contributed by atoms with Crippen LogP contribution in [0.4, 0.5) is 0 Å². The molecule has 0 aromatic rings. The molecule has 0 saturated carbocycles. The minimum atomic E-state index is -0.984. The van der Waals surface area contributed by atoms with E-state index in [-0.39, 0.29) is 18.7 Å². The average molecular weight is 247 g/mol. The van der Waals surface area contributed by atoms with Gasteiger partial charge in [-0.2, -0.15) is 0 Å². The predicted octanol–water partition coefficient (Wildman–Crippen LogP) is -0.555. The third kappa shape index (κ3) is 6.38. The van der Waals surface area contributed by atoms with Crippen molar-refractivity contribution in [2.45, 2.75) is 39.3 Å². The highest BCUT2D eigenvalue weighted by molar-refractivity contribution is 5.86.